The van der Waals surface area contributed by atoms with Crippen molar-refractivity contribution in [2.24, 2.45) is 5.41 Å². The number of unbranched alkanes of at least 4 members (excludes halogenated alkanes) is 1. The van der Waals surface area contributed by atoms with Crippen LogP contribution in [0.25, 0.3) is 0 Å². The van der Waals surface area contributed by atoms with Crippen LogP contribution in [0.2, 0.25) is 0 Å². The zero-order chi connectivity index (χ0) is 16.1. The van der Waals surface area contributed by atoms with Gasteiger partial charge < -0.3 is 9.47 Å². The number of carbonyl (C=O) groups excluding carboxylic acids is 2. The van der Waals surface area contributed by atoms with E-state index < -0.39 is 17.4 Å². The van der Waals surface area contributed by atoms with Crippen molar-refractivity contribution in [2.75, 3.05) is 13.2 Å². The number of rotatable bonds is 9. The molecular weight excluding hydrogens is 268 g/mol. The number of carbonyl (C=O) groups is 2. The van der Waals surface area contributed by atoms with Crippen LogP contribution in [-0.2, 0) is 19.1 Å². The van der Waals surface area contributed by atoms with E-state index in [1.165, 1.54) is 0 Å². The van der Waals surface area contributed by atoms with E-state index in [0.29, 0.717) is 0 Å². The summed E-state index contributed by atoms with van der Waals surface area (Å²) in [5.41, 5.74) is -1.36. The first-order valence-corrected chi connectivity index (χ1v) is 7.48. The van der Waals surface area contributed by atoms with Crippen LogP contribution in [0.5, 0.6) is 0 Å². The average molecular weight is 294 g/mol. The second kappa shape index (κ2) is 11.0. The van der Waals surface area contributed by atoms with Crippen molar-refractivity contribution < 1.29 is 19.1 Å². The molecule has 0 saturated carbocycles. The zero-order valence-electron chi connectivity index (χ0n) is 13.5. The maximum Gasteiger partial charge on any atom is 0.324 e. The molecule has 0 spiro atoms. The molecule has 0 aromatic carbocycles. The van der Waals surface area contributed by atoms with Gasteiger partial charge in [-0.05, 0) is 33.6 Å². The molecule has 0 saturated heterocycles. The van der Waals surface area contributed by atoms with E-state index in [0.717, 1.165) is 12.8 Å². The maximum absolute atomic E-state index is 12.3. The smallest absolute Gasteiger partial charge is 0.324 e. The maximum atomic E-state index is 12.3. The van der Waals surface area contributed by atoms with Crippen LogP contribution < -0.4 is 0 Å². The molecule has 0 fully saturated rings. The molecule has 0 aromatic rings. The lowest BCUT2D eigenvalue weighted by atomic mass is 9.81. The Bertz CT molecular complexity index is 394. The van der Waals surface area contributed by atoms with Gasteiger partial charge in [-0.3, -0.25) is 9.59 Å². The van der Waals surface area contributed by atoms with Crippen molar-refractivity contribution in [3.63, 3.8) is 0 Å². The molecule has 0 rings (SSSR count). The fourth-order valence-corrected chi connectivity index (χ4v) is 1.81. The molecule has 0 unspecified atom stereocenters. The summed E-state index contributed by atoms with van der Waals surface area (Å²) in [7, 11) is 0. The molecule has 0 aliphatic heterocycles. The Morgan fingerprint density at radius 2 is 1.62 bits per heavy atom. The zero-order valence-corrected chi connectivity index (χ0v) is 13.5. The predicted octanol–water partition coefficient (Wildman–Crippen LogP) is 3.26. The van der Waals surface area contributed by atoms with E-state index in [1.807, 2.05) is 12.2 Å². The minimum absolute atomic E-state index is 0.109. The minimum Gasteiger partial charge on any atom is -0.465 e. The van der Waals surface area contributed by atoms with E-state index in [1.54, 1.807) is 20.8 Å². The molecule has 118 valence electrons. The third kappa shape index (κ3) is 6.03. The van der Waals surface area contributed by atoms with Crippen molar-refractivity contribution in [3.8, 4) is 11.8 Å². The Hall–Kier alpha value is -1.76. The summed E-state index contributed by atoms with van der Waals surface area (Å²) in [6.45, 7) is 7.61. The molecule has 0 heterocycles. The van der Waals surface area contributed by atoms with Gasteiger partial charge in [0, 0.05) is 6.42 Å². The molecule has 0 N–H and O–H groups in total. The second-order valence-corrected chi connectivity index (χ2v) is 4.59. The monoisotopic (exact) mass is 294 g/mol. The van der Waals surface area contributed by atoms with Gasteiger partial charge >= 0.3 is 11.9 Å². The molecule has 0 aliphatic carbocycles. The summed E-state index contributed by atoms with van der Waals surface area (Å²) in [4.78, 5) is 24.7. The van der Waals surface area contributed by atoms with Crippen LogP contribution in [0.15, 0.2) is 12.2 Å². The van der Waals surface area contributed by atoms with E-state index in [4.69, 9.17) is 9.47 Å². The molecule has 0 aliphatic rings. The number of hydrogen-bond acceptors (Lipinski definition) is 4. The van der Waals surface area contributed by atoms with Crippen molar-refractivity contribution in [3.05, 3.63) is 12.2 Å². The Labute approximate surface area is 127 Å². The first-order chi connectivity index (χ1) is 10.1. The molecule has 0 amide bonds. The van der Waals surface area contributed by atoms with Crippen LogP contribution in [0.1, 0.15) is 53.4 Å². The van der Waals surface area contributed by atoms with Gasteiger partial charge in [0.05, 0.1) is 13.2 Å². The lowest BCUT2D eigenvalue weighted by Gasteiger charge is -2.26. The summed E-state index contributed by atoms with van der Waals surface area (Å²) < 4.78 is 10.2. The topological polar surface area (TPSA) is 52.6 Å². The normalized spacial score (nSPS) is 10.9. The molecule has 4 heteroatoms. The van der Waals surface area contributed by atoms with Gasteiger partial charge in [-0.1, -0.05) is 25.5 Å². The Balaban J connectivity index is 5.41. The standard InChI is InChI=1S/C17H26O4/c1-5-9-11-12-14-17(13-10-6-2,15(18)20-7-3)16(19)21-8-4/h11-12H,5,7-9,13-14H2,1-4H3/b12-11+. The third-order valence-electron chi connectivity index (χ3n) is 2.99. The summed E-state index contributed by atoms with van der Waals surface area (Å²) >= 11 is 0. The average Bonchev–Trinajstić information content (AvgIpc) is 2.47. The highest BCUT2D eigenvalue weighted by Gasteiger charge is 2.47. The summed E-state index contributed by atoms with van der Waals surface area (Å²) in [6, 6.07) is 0. The molecule has 0 aromatic heterocycles. The molecule has 21 heavy (non-hydrogen) atoms. The highest BCUT2D eigenvalue weighted by atomic mass is 16.6. The van der Waals surface area contributed by atoms with Gasteiger partial charge in [0.1, 0.15) is 0 Å². The van der Waals surface area contributed by atoms with Crippen LogP contribution in [0.4, 0.5) is 0 Å². The van der Waals surface area contributed by atoms with Crippen molar-refractivity contribution in [2.45, 2.75) is 53.4 Å². The van der Waals surface area contributed by atoms with E-state index in [-0.39, 0.29) is 26.1 Å². The van der Waals surface area contributed by atoms with E-state index in [2.05, 4.69) is 18.8 Å². The summed E-state index contributed by atoms with van der Waals surface area (Å²) in [5, 5.41) is 0. The molecule has 0 radical (unpaired) electrons. The van der Waals surface area contributed by atoms with Crippen molar-refractivity contribution in [1.29, 1.82) is 0 Å². The molecule has 0 atom stereocenters. The van der Waals surface area contributed by atoms with Gasteiger partial charge in [-0.2, -0.15) is 0 Å². The summed E-state index contributed by atoms with van der Waals surface area (Å²) in [6.07, 6.45) is 6.08. The van der Waals surface area contributed by atoms with Gasteiger partial charge in [0.15, 0.2) is 5.41 Å². The lowest BCUT2D eigenvalue weighted by Crippen LogP contribution is -2.41. The Morgan fingerprint density at radius 1 is 1.05 bits per heavy atom. The second-order valence-electron chi connectivity index (χ2n) is 4.59. The molecule has 4 nitrogen and oxygen atoms in total. The third-order valence-corrected chi connectivity index (χ3v) is 2.99. The molecular formula is C17H26O4. The van der Waals surface area contributed by atoms with Gasteiger partial charge in [-0.15, -0.1) is 11.8 Å². The largest absolute Gasteiger partial charge is 0.465 e. The predicted molar refractivity (Wildman–Crippen MR) is 82.4 cm³/mol. The van der Waals surface area contributed by atoms with Gasteiger partial charge in [-0.25, -0.2) is 0 Å². The molecule has 0 bridgehead atoms. The highest BCUT2D eigenvalue weighted by molar-refractivity contribution is 6.00. The first kappa shape index (κ1) is 19.2. The van der Waals surface area contributed by atoms with Gasteiger partial charge in [0.25, 0.3) is 0 Å². The minimum atomic E-state index is -1.36. The number of ether oxygens (including phenoxy) is 2. The van der Waals surface area contributed by atoms with E-state index >= 15 is 0 Å². The Kier molecular flexibility index (Phi) is 10.0. The summed E-state index contributed by atoms with van der Waals surface area (Å²) in [5.74, 6) is 4.43. The first-order valence-electron chi connectivity index (χ1n) is 7.48. The van der Waals surface area contributed by atoms with Crippen molar-refractivity contribution >= 4 is 11.9 Å². The number of esters is 2. The van der Waals surface area contributed by atoms with Crippen molar-refractivity contribution in [1.82, 2.24) is 0 Å². The van der Waals surface area contributed by atoms with E-state index in [9.17, 15) is 9.59 Å². The number of hydrogen-bond donors (Lipinski definition) is 0. The van der Waals surface area contributed by atoms with Crippen LogP contribution >= 0.6 is 0 Å². The highest BCUT2D eigenvalue weighted by Crippen LogP contribution is 2.31. The fraction of sp³-hybridized carbons (Fsp3) is 0.647. The Morgan fingerprint density at radius 3 is 2.05 bits per heavy atom. The van der Waals surface area contributed by atoms with Gasteiger partial charge in [0.2, 0.25) is 0 Å². The van der Waals surface area contributed by atoms with Crippen LogP contribution in [0, 0.1) is 17.3 Å². The fourth-order valence-electron chi connectivity index (χ4n) is 1.81. The quantitative estimate of drug-likeness (QED) is 0.283. The van der Waals surface area contributed by atoms with Crippen LogP contribution in [0.3, 0.4) is 0 Å². The van der Waals surface area contributed by atoms with Crippen LogP contribution in [-0.4, -0.2) is 25.2 Å². The number of allylic oxidation sites excluding steroid dienone is 2. The lowest BCUT2D eigenvalue weighted by molar-refractivity contribution is -0.171. The SMILES string of the molecule is CC#CCC(C/C=C/CCC)(C(=O)OCC)C(=O)OCC.